The first-order valence-corrected chi connectivity index (χ1v) is 9.84. The van der Waals surface area contributed by atoms with Gasteiger partial charge in [-0.25, -0.2) is 12.8 Å². The van der Waals surface area contributed by atoms with Crippen LogP contribution in [-0.4, -0.2) is 56.5 Å². The number of anilines is 1. The SMILES string of the molecule is C.CCS(=O)(=O)N1CCN(c2cccc(COC(=O)CC(=N)N)c2F)CC1. The second-order valence-electron chi connectivity index (χ2n) is 5.90. The summed E-state index contributed by atoms with van der Waals surface area (Å²) in [6.45, 7) is 2.70. The number of esters is 1. The molecule has 10 heteroatoms. The molecule has 1 aromatic carbocycles. The summed E-state index contributed by atoms with van der Waals surface area (Å²) in [5.41, 5.74) is 5.68. The lowest BCUT2D eigenvalue weighted by Crippen LogP contribution is -2.49. The summed E-state index contributed by atoms with van der Waals surface area (Å²) >= 11 is 0. The summed E-state index contributed by atoms with van der Waals surface area (Å²) in [7, 11) is -3.25. The number of carbonyl (C=O) groups excluding carboxylic acids is 1. The summed E-state index contributed by atoms with van der Waals surface area (Å²) in [6, 6.07) is 4.78. The molecule has 1 aliphatic heterocycles. The lowest BCUT2D eigenvalue weighted by atomic mass is 10.1. The molecule has 8 nitrogen and oxygen atoms in total. The molecule has 0 radical (unpaired) electrons. The van der Waals surface area contributed by atoms with Crippen molar-refractivity contribution >= 4 is 27.5 Å². The van der Waals surface area contributed by atoms with E-state index in [0.717, 1.165) is 0 Å². The zero-order valence-corrected chi connectivity index (χ0v) is 15.4. The topological polar surface area (TPSA) is 117 Å². The molecule has 3 N–H and O–H groups in total. The summed E-state index contributed by atoms with van der Waals surface area (Å²) in [4.78, 5) is 13.2. The standard InChI is InChI=1S/C16H23FN4O4S.CH4/c1-2-26(23,24)21-8-6-20(7-9-21)13-5-3-4-12(16(13)17)11-25-15(22)10-14(18)19;/h3-5H,2,6-11H2,1H3,(H3,18,19);1H4. The lowest BCUT2D eigenvalue weighted by molar-refractivity contribution is -0.143. The second kappa shape index (κ2) is 9.65. The quantitative estimate of drug-likeness (QED) is 0.403. The van der Waals surface area contributed by atoms with E-state index in [0.29, 0.717) is 31.9 Å². The normalized spacial score (nSPS) is 15.1. The molecule has 0 unspecified atom stereocenters. The van der Waals surface area contributed by atoms with Crippen molar-refractivity contribution in [2.24, 2.45) is 5.73 Å². The smallest absolute Gasteiger partial charge is 0.313 e. The van der Waals surface area contributed by atoms with Crippen LogP contribution in [0.1, 0.15) is 26.3 Å². The Morgan fingerprint density at radius 2 is 1.93 bits per heavy atom. The zero-order valence-electron chi connectivity index (χ0n) is 14.6. The van der Waals surface area contributed by atoms with E-state index in [2.05, 4.69) is 0 Å². The highest BCUT2D eigenvalue weighted by atomic mass is 32.2. The van der Waals surface area contributed by atoms with Gasteiger partial charge in [-0.05, 0) is 13.0 Å². The number of sulfonamides is 1. The minimum atomic E-state index is -3.25. The van der Waals surface area contributed by atoms with Crippen molar-refractivity contribution in [1.29, 1.82) is 5.41 Å². The highest BCUT2D eigenvalue weighted by Crippen LogP contribution is 2.24. The molecule has 0 amide bonds. The van der Waals surface area contributed by atoms with Gasteiger partial charge in [-0.2, -0.15) is 4.31 Å². The number of halogens is 1. The first kappa shape index (κ1) is 22.8. The molecule has 0 spiro atoms. The minimum Gasteiger partial charge on any atom is -0.460 e. The van der Waals surface area contributed by atoms with Crippen molar-refractivity contribution in [3.05, 3.63) is 29.6 Å². The maximum atomic E-state index is 14.7. The highest BCUT2D eigenvalue weighted by molar-refractivity contribution is 7.89. The molecule has 1 saturated heterocycles. The number of carbonyl (C=O) groups is 1. The van der Waals surface area contributed by atoms with Gasteiger partial charge in [0.2, 0.25) is 10.0 Å². The Hall–Kier alpha value is -2.20. The lowest BCUT2D eigenvalue weighted by Gasteiger charge is -2.35. The number of piperazine rings is 1. The van der Waals surface area contributed by atoms with Crippen LogP contribution in [0.4, 0.5) is 10.1 Å². The molecule has 1 heterocycles. The Morgan fingerprint density at radius 1 is 1.30 bits per heavy atom. The van der Waals surface area contributed by atoms with Crippen molar-refractivity contribution < 1.29 is 22.3 Å². The van der Waals surface area contributed by atoms with E-state index in [1.165, 1.54) is 10.4 Å². The van der Waals surface area contributed by atoms with Crippen molar-refractivity contribution in [1.82, 2.24) is 4.31 Å². The van der Waals surface area contributed by atoms with Crippen molar-refractivity contribution in [2.45, 2.75) is 27.4 Å². The third-order valence-corrected chi connectivity index (χ3v) is 6.00. The molecule has 1 aliphatic rings. The fourth-order valence-corrected chi connectivity index (χ4v) is 3.76. The van der Waals surface area contributed by atoms with E-state index >= 15 is 0 Å². The van der Waals surface area contributed by atoms with Gasteiger partial charge in [0.25, 0.3) is 0 Å². The summed E-state index contributed by atoms with van der Waals surface area (Å²) in [5.74, 6) is -1.47. The third kappa shape index (κ3) is 5.90. The number of nitrogens with one attached hydrogen (secondary N) is 1. The van der Waals surface area contributed by atoms with E-state index in [4.69, 9.17) is 15.9 Å². The first-order valence-electron chi connectivity index (χ1n) is 8.23. The minimum absolute atomic E-state index is 0. The number of hydrogen-bond donors (Lipinski definition) is 2. The molecular weight excluding hydrogens is 375 g/mol. The Morgan fingerprint density at radius 3 is 2.48 bits per heavy atom. The zero-order chi connectivity index (χ0) is 19.3. The monoisotopic (exact) mass is 402 g/mol. The Balaban J connectivity index is 0.00000364. The predicted molar refractivity (Wildman–Crippen MR) is 103 cm³/mol. The van der Waals surface area contributed by atoms with Crippen LogP contribution in [0.5, 0.6) is 0 Å². The number of hydrogen-bond acceptors (Lipinski definition) is 6. The average molecular weight is 402 g/mol. The molecule has 0 aromatic heterocycles. The molecular formula is C17H27FN4O4S. The van der Waals surface area contributed by atoms with Crippen molar-refractivity contribution in [3.63, 3.8) is 0 Å². The Labute approximate surface area is 159 Å². The first-order chi connectivity index (χ1) is 12.2. The Bertz CT molecular complexity index is 777. The number of amidine groups is 1. The van der Waals surface area contributed by atoms with Crippen LogP contribution < -0.4 is 10.6 Å². The Kier molecular flexibility index (Phi) is 8.17. The van der Waals surface area contributed by atoms with Crippen LogP contribution in [0.3, 0.4) is 0 Å². The van der Waals surface area contributed by atoms with Crippen LogP contribution in [-0.2, 0) is 26.2 Å². The fourth-order valence-electron chi connectivity index (χ4n) is 2.68. The maximum absolute atomic E-state index is 14.7. The van der Waals surface area contributed by atoms with Crippen molar-refractivity contribution in [2.75, 3.05) is 36.8 Å². The number of rotatable bonds is 7. The van der Waals surface area contributed by atoms with Gasteiger partial charge in [-0.15, -0.1) is 0 Å². The fraction of sp³-hybridized carbons (Fsp3) is 0.529. The number of benzene rings is 1. The van der Waals surface area contributed by atoms with Gasteiger partial charge in [0.15, 0.2) is 5.82 Å². The largest absolute Gasteiger partial charge is 0.460 e. The van der Waals surface area contributed by atoms with Crippen LogP contribution in [0.25, 0.3) is 0 Å². The van der Waals surface area contributed by atoms with Crippen LogP contribution in [0.15, 0.2) is 18.2 Å². The molecule has 1 aromatic rings. The summed E-state index contributed by atoms with van der Waals surface area (Å²) in [6.07, 6.45) is -0.338. The van der Waals surface area contributed by atoms with Crippen LogP contribution >= 0.6 is 0 Å². The van der Waals surface area contributed by atoms with Gasteiger partial charge in [0.05, 0.1) is 11.4 Å². The molecule has 0 saturated carbocycles. The number of nitrogens with zero attached hydrogens (tertiary/aromatic N) is 2. The van der Waals surface area contributed by atoms with Gasteiger partial charge in [-0.3, -0.25) is 10.2 Å². The van der Waals surface area contributed by atoms with E-state index in [9.17, 15) is 17.6 Å². The second-order valence-corrected chi connectivity index (χ2v) is 8.16. The van der Waals surface area contributed by atoms with Crippen molar-refractivity contribution in [3.8, 4) is 0 Å². The maximum Gasteiger partial charge on any atom is 0.313 e. The van der Waals surface area contributed by atoms with Gasteiger partial charge in [-0.1, -0.05) is 19.6 Å². The molecule has 27 heavy (non-hydrogen) atoms. The van der Waals surface area contributed by atoms with Crippen LogP contribution in [0, 0.1) is 11.2 Å². The predicted octanol–water partition coefficient (Wildman–Crippen LogP) is 1.30. The average Bonchev–Trinajstić information content (AvgIpc) is 2.60. The van der Waals surface area contributed by atoms with Gasteiger partial charge >= 0.3 is 5.97 Å². The summed E-state index contributed by atoms with van der Waals surface area (Å²) in [5, 5.41) is 7.04. The summed E-state index contributed by atoms with van der Waals surface area (Å²) < 4.78 is 44.9. The molecule has 2 rings (SSSR count). The van der Waals surface area contributed by atoms with Gasteiger partial charge in [0, 0.05) is 31.7 Å². The molecule has 1 fully saturated rings. The number of nitrogens with two attached hydrogens (primary N) is 1. The molecule has 0 atom stereocenters. The van der Waals surface area contributed by atoms with Crippen LogP contribution in [0.2, 0.25) is 0 Å². The molecule has 0 aliphatic carbocycles. The molecule has 152 valence electrons. The van der Waals surface area contributed by atoms with E-state index in [1.807, 2.05) is 0 Å². The van der Waals surface area contributed by atoms with Gasteiger partial charge < -0.3 is 15.4 Å². The van der Waals surface area contributed by atoms with E-state index < -0.39 is 21.8 Å². The van der Waals surface area contributed by atoms with Gasteiger partial charge in [0.1, 0.15) is 18.9 Å². The highest BCUT2D eigenvalue weighted by Gasteiger charge is 2.27. The number of ether oxygens (including phenoxy) is 1. The molecule has 0 bridgehead atoms. The van der Waals surface area contributed by atoms with E-state index in [1.54, 1.807) is 24.0 Å². The third-order valence-electron chi connectivity index (χ3n) is 4.12. The van der Waals surface area contributed by atoms with E-state index in [-0.39, 0.29) is 37.6 Å².